The zero-order valence-electron chi connectivity index (χ0n) is 17.2. The van der Waals surface area contributed by atoms with Crippen LogP contribution in [0.5, 0.6) is 5.75 Å². The number of quaternary nitrogens is 1. The number of amides is 1. The molecule has 0 aromatic heterocycles. The highest BCUT2D eigenvalue weighted by Gasteiger charge is 2.23. The van der Waals surface area contributed by atoms with Crippen LogP contribution in [0.4, 0.5) is 11.4 Å². The SMILES string of the molecule is COC(=O)c1ccc(C)c(NC(=O)C[NH+]2CCN(c3cccc(OC)c3)CC2)c1. The number of esters is 1. The van der Waals surface area contributed by atoms with Crippen LogP contribution in [-0.2, 0) is 9.53 Å². The van der Waals surface area contributed by atoms with Gasteiger partial charge in [-0.2, -0.15) is 0 Å². The molecular weight excluding hydrogens is 370 g/mol. The van der Waals surface area contributed by atoms with Gasteiger partial charge in [0, 0.05) is 17.4 Å². The van der Waals surface area contributed by atoms with Crippen LogP contribution in [0.25, 0.3) is 0 Å². The third kappa shape index (κ3) is 5.26. The number of piperazine rings is 1. The lowest BCUT2D eigenvalue weighted by molar-refractivity contribution is -0.892. The molecule has 1 amide bonds. The highest BCUT2D eigenvalue weighted by Crippen LogP contribution is 2.21. The number of nitrogens with zero attached hydrogens (tertiary/aromatic N) is 1. The van der Waals surface area contributed by atoms with Gasteiger partial charge >= 0.3 is 5.97 Å². The molecule has 1 saturated heterocycles. The molecule has 154 valence electrons. The minimum absolute atomic E-state index is 0.0556. The van der Waals surface area contributed by atoms with Gasteiger partial charge in [0.15, 0.2) is 6.54 Å². The van der Waals surface area contributed by atoms with Gasteiger partial charge in [0.2, 0.25) is 0 Å². The van der Waals surface area contributed by atoms with Gasteiger partial charge in [0.25, 0.3) is 5.91 Å². The van der Waals surface area contributed by atoms with E-state index in [-0.39, 0.29) is 5.91 Å². The predicted molar refractivity (Wildman–Crippen MR) is 112 cm³/mol. The summed E-state index contributed by atoms with van der Waals surface area (Å²) in [6.07, 6.45) is 0. The Morgan fingerprint density at radius 1 is 1.10 bits per heavy atom. The number of aryl methyl sites for hydroxylation is 1. The molecular formula is C22H28N3O4+. The monoisotopic (exact) mass is 398 g/mol. The Morgan fingerprint density at radius 2 is 1.86 bits per heavy atom. The molecule has 0 atom stereocenters. The minimum atomic E-state index is -0.417. The molecule has 7 heteroatoms. The third-order valence-electron chi connectivity index (χ3n) is 5.23. The van der Waals surface area contributed by atoms with Gasteiger partial charge in [-0.1, -0.05) is 12.1 Å². The molecule has 7 nitrogen and oxygen atoms in total. The van der Waals surface area contributed by atoms with E-state index in [0.717, 1.165) is 43.2 Å². The summed E-state index contributed by atoms with van der Waals surface area (Å²) in [5.41, 5.74) is 3.12. The van der Waals surface area contributed by atoms with Gasteiger partial charge in [-0.25, -0.2) is 4.79 Å². The second-order valence-corrected chi connectivity index (χ2v) is 7.18. The predicted octanol–water partition coefficient (Wildman–Crippen LogP) is 1.13. The number of carbonyl (C=O) groups is 2. The van der Waals surface area contributed by atoms with Crippen LogP contribution >= 0.6 is 0 Å². The first-order valence-electron chi connectivity index (χ1n) is 9.71. The number of methoxy groups -OCH3 is 2. The van der Waals surface area contributed by atoms with Crippen molar-refractivity contribution in [1.82, 2.24) is 0 Å². The molecule has 2 aromatic carbocycles. The molecule has 0 unspecified atom stereocenters. The lowest BCUT2D eigenvalue weighted by Gasteiger charge is -2.33. The van der Waals surface area contributed by atoms with E-state index in [4.69, 9.17) is 9.47 Å². The van der Waals surface area contributed by atoms with Crippen molar-refractivity contribution in [1.29, 1.82) is 0 Å². The Kier molecular flexibility index (Phi) is 6.72. The summed E-state index contributed by atoms with van der Waals surface area (Å²) in [5, 5.41) is 2.94. The normalized spacial score (nSPS) is 14.4. The highest BCUT2D eigenvalue weighted by atomic mass is 16.5. The number of hydrogen-bond donors (Lipinski definition) is 2. The Balaban J connectivity index is 1.54. The second kappa shape index (κ2) is 9.43. The quantitative estimate of drug-likeness (QED) is 0.714. The molecule has 0 aliphatic carbocycles. The molecule has 1 aliphatic rings. The summed E-state index contributed by atoms with van der Waals surface area (Å²) in [5.74, 6) is 0.376. The van der Waals surface area contributed by atoms with Gasteiger partial charge < -0.3 is 24.6 Å². The average molecular weight is 398 g/mol. The average Bonchev–Trinajstić information content (AvgIpc) is 2.75. The number of benzene rings is 2. The summed E-state index contributed by atoms with van der Waals surface area (Å²) < 4.78 is 10.1. The van der Waals surface area contributed by atoms with Crippen LogP contribution in [-0.4, -0.2) is 58.8 Å². The maximum Gasteiger partial charge on any atom is 0.337 e. The molecule has 2 N–H and O–H groups in total. The van der Waals surface area contributed by atoms with Crippen LogP contribution in [0.15, 0.2) is 42.5 Å². The van der Waals surface area contributed by atoms with E-state index in [2.05, 4.69) is 16.3 Å². The smallest absolute Gasteiger partial charge is 0.337 e. The topological polar surface area (TPSA) is 72.3 Å². The minimum Gasteiger partial charge on any atom is -0.497 e. The Bertz CT molecular complexity index is 876. The van der Waals surface area contributed by atoms with Gasteiger partial charge in [-0.15, -0.1) is 0 Å². The molecule has 2 aromatic rings. The summed E-state index contributed by atoms with van der Waals surface area (Å²) in [7, 11) is 3.01. The van der Waals surface area contributed by atoms with Crippen molar-refractivity contribution in [3.8, 4) is 5.75 Å². The van der Waals surface area contributed by atoms with E-state index >= 15 is 0 Å². The van der Waals surface area contributed by atoms with Crippen molar-refractivity contribution in [2.24, 2.45) is 0 Å². The van der Waals surface area contributed by atoms with Gasteiger partial charge in [-0.3, -0.25) is 4.79 Å². The molecule has 0 radical (unpaired) electrons. The Labute approximate surface area is 171 Å². The maximum absolute atomic E-state index is 12.5. The van der Waals surface area contributed by atoms with E-state index in [9.17, 15) is 9.59 Å². The highest BCUT2D eigenvalue weighted by molar-refractivity contribution is 5.95. The number of anilines is 2. The summed E-state index contributed by atoms with van der Waals surface area (Å²) in [6, 6.07) is 13.2. The fourth-order valence-electron chi connectivity index (χ4n) is 3.49. The van der Waals surface area contributed by atoms with Gasteiger partial charge in [0.1, 0.15) is 5.75 Å². The zero-order valence-corrected chi connectivity index (χ0v) is 17.2. The number of nitrogens with one attached hydrogen (secondary N) is 2. The Hall–Kier alpha value is -3.06. The summed E-state index contributed by atoms with van der Waals surface area (Å²) >= 11 is 0. The van der Waals surface area contributed by atoms with Crippen molar-refractivity contribution < 1.29 is 24.0 Å². The van der Waals surface area contributed by atoms with E-state index in [1.165, 1.54) is 12.0 Å². The molecule has 0 spiro atoms. The van der Waals surface area contributed by atoms with Crippen molar-refractivity contribution in [2.45, 2.75) is 6.92 Å². The van der Waals surface area contributed by atoms with Gasteiger partial charge in [-0.05, 0) is 36.8 Å². The third-order valence-corrected chi connectivity index (χ3v) is 5.23. The standard InChI is InChI=1S/C22H27N3O4/c1-16-7-8-17(22(27)29-3)13-20(16)23-21(26)15-24-9-11-25(12-10-24)18-5-4-6-19(14-18)28-2/h4-8,13-14H,9-12,15H2,1-3H3,(H,23,26)/p+1. The number of rotatable bonds is 6. The largest absolute Gasteiger partial charge is 0.497 e. The van der Waals surface area contributed by atoms with Crippen molar-refractivity contribution >= 4 is 23.3 Å². The van der Waals surface area contributed by atoms with Gasteiger partial charge in [0.05, 0.1) is 46.0 Å². The van der Waals surface area contributed by atoms with E-state index in [1.807, 2.05) is 31.2 Å². The fraction of sp³-hybridized carbons (Fsp3) is 0.364. The second-order valence-electron chi connectivity index (χ2n) is 7.18. The maximum atomic E-state index is 12.5. The fourth-order valence-corrected chi connectivity index (χ4v) is 3.49. The number of hydrogen-bond acceptors (Lipinski definition) is 5. The molecule has 0 bridgehead atoms. The van der Waals surface area contributed by atoms with E-state index < -0.39 is 5.97 Å². The summed E-state index contributed by atoms with van der Waals surface area (Å²) in [4.78, 5) is 27.8. The molecule has 3 rings (SSSR count). The molecule has 29 heavy (non-hydrogen) atoms. The van der Waals surface area contributed by atoms with Crippen LogP contribution in [0.2, 0.25) is 0 Å². The van der Waals surface area contributed by atoms with Crippen LogP contribution < -0.4 is 19.9 Å². The van der Waals surface area contributed by atoms with Crippen molar-refractivity contribution in [3.63, 3.8) is 0 Å². The zero-order chi connectivity index (χ0) is 20.8. The lowest BCUT2D eigenvalue weighted by atomic mass is 10.1. The van der Waals surface area contributed by atoms with E-state index in [0.29, 0.717) is 17.8 Å². The molecule has 1 fully saturated rings. The number of carbonyl (C=O) groups excluding carboxylic acids is 2. The van der Waals surface area contributed by atoms with Crippen molar-refractivity contribution in [3.05, 3.63) is 53.6 Å². The van der Waals surface area contributed by atoms with Crippen molar-refractivity contribution in [2.75, 3.05) is 57.2 Å². The first-order chi connectivity index (χ1) is 14.0. The molecule has 0 saturated carbocycles. The molecule has 1 heterocycles. The lowest BCUT2D eigenvalue weighted by Crippen LogP contribution is -3.15. The molecule has 1 aliphatic heterocycles. The van der Waals surface area contributed by atoms with Crippen LogP contribution in [0, 0.1) is 6.92 Å². The Morgan fingerprint density at radius 3 is 2.55 bits per heavy atom. The van der Waals surface area contributed by atoms with E-state index in [1.54, 1.807) is 19.2 Å². The summed E-state index contributed by atoms with van der Waals surface area (Å²) in [6.45, 7) is 5.82. The first-order valence-corrected chi connectivity index (χ1v) is 9.71. The first kappa shape index (κ1) is 20.7. The number of ether oxygens (including phenoxy) is 2. The van der Waals surface area contributed by atoms with Crippen LogP contribution in [0.3, 0.4) is 0 Å². The van der Waals surface area contributed by atoms with Crippen LogP contribution in [0.1, 0.15) is 15.9 Å².